The average molecular weight is 774 g/mol. The van der Waals surface area contributed by atoms with Gasteiger partial charge >= 0.3 is 0 Å². The number of para-hydroxylation sites is 1. The molecule has 3 nitrogen and oxygen atoms in total. The zero-order valence-electron chi connectivity index (χ0n) is 28.8. The van der Waals surface area contributed by atoms with E-state index in [4.69, 9.17) is 21.6 Å². The predicted molar refractivity (Wildman–Crippen MR) is 240 cm³/mol. The lowest BCUT2D eigenvalue weighted by molar-refractivity contribution is 1.08. The summed E-state index contributed by atoms with van der Waals surface area (Å²) in [6, 6.07) is 53.2. The minimum atomic E-state index is 0.245. The molecule has 13 rings (SSSR count). The van der Waals surface area contributed by atoms with Gasteiger partial charge in [-0.2, -0.15) is 4.98 Å². The van der Waals surface area contributed by atoms with Crippen molar-refractivity contribution in [2.75, 3.05) is 0 Å². The minimum absolute atomic E-state index is 0.245. The fourth-order valence-corrected chi connectivity index (χ4v) is 12.9. The first-order chi connectivity index (χ1) is 27.2. The molecule has 55 heavy (non-hydrogen) atoms. The Bertz CT molecular complexity index is 3810. The summed E-state index contributed by atoms with van der Waals surface area (Å²) in [6.45, 7) is 0. The van der Waals surface area contributed by atoms with Crippen LogP contribution in [0.5, 0.6) is 0 Å². The molecule has 7 heteroatoms. The molecule has 8 aromatic carbocycles. The highest BCUT2D eigenvalue weighted by molar-refractivity contribution is 7.27. The van der Waals surface area contributed by atoms with Gasteiger partial charge in [-0.05, 0) is 74.6 Å². The van der Waals surface area contributed by atoms with Gasteiger partial charge in [0.05, 0.1) is 25.9 Å². The topological polar surface area (TPSA) is 30.7 Å². The lowest BCUT2D eigenvalue weighted by Crippen LogP contribution is -2.00. The summed E-state index contributed by atoms with van der Waals surface area (Å²) < 4.78 is 9.72. The van der Waals surface area contributed by atoms with Crippen molar-refractivity contribution in [2.24, 2.45) is 0 Å². The summed E-state index contributed by atoms with van der Waals surface area (Å²) in [7, 11) is 0. The van der Waals surface area contributed by atoms with Crippen LogP contribution >= 0.6 is 45.6 Å². The Kier molecular flexibility index (Phi) is 6.14. The van der Waals surface area contributed by atoms with Gasteiger partial charge in [0.2, 0.25) is 5.28 Å². The molecule has 0 N–H and O–H groups in total. The van der Waals surface area contributed by atoms with E-state index in [2.05, 4.69) is 150 Å². The van der Waals surface area contributed by atoms with E-state index in [9.17, 15) is 0 Å². The zero-order chi connectivity index (χ0) is 35.9. The smallest absolute Gasteiger partial charge is 0.225 e. The molecule has 256 valence electrons. The van der Waals surface area contributed by atoms with E-state index in [0.717, 1.165) is 32.5 Å². The first kappa shape index (κ1) is 30.4. The van der Waals surface area contributed by atoms with Gasteiger partial charge in [0.1, 0.15) is 0 Å². The van der Waals surface area contributed by atoms with E-state index in [0.29, 0.717) is 0 Å². The van der Waals surface area contributed by atoms with Gasteiger partial charge in [0.25, 0.3) is 0 Å². The maximum Gasteiger partial charge on any atom is 0.225 e. The number of fused-ring (bicyclic) bond motifs is 18. The third-order valence-electron chi connectivity index (χ3n) is 11.3. The number of thiophene rings is 3. The van der Waals surface area contributed by atoms with Gasteiger partial charge in [-0.1, -0.05) is 115 Å². The number of halogens is 1. The van der Waals surface area contributed by atoms with E-state index in [1.54, 1.807) is 11.3 Å². The normalized spacial score (nSPS) is 12.5. The molecule has 0 aliphatic rings. The van der Waals surface area contributed by atoms with Gasteiger partial charge in [-0.25, -0.2) is 4.98 Å². The second-order valence-corrected chi connectivity index (χ2v) is 17.7. The Morgan fingerprint density at radius 1 is 0.455 bits per heavy atom. The fourth-order valence-electron chi connectivity index (χ4n) is 9.06. The number of nitrogens with zero attached hydrogens (tertiary/aromatic N) is 3. The molecule has 0 unspecified atom stereocenters. The second kappa shape index (κ2) is 11.1. The molecule has 0 spiro atoms. The van der Waals surface area contributed by atoms with E-state index >= 15 is 0 Å². The van der Waals surface area contributed by atoms with Crippen molar-refractivity contribution in [3.05, 3.63) is 151 Å². The molecular formula is C48H24ClN3S3. The summed E-state index contributed by atoms with van der Waals surface area (Å²) in [4.78, 5) is 10.0. The first-order valence-corrected chi connectivity index (χ1v) is 21.0. The summed E-state index contributed by atoms with van der Waals surface area (Å²) >= 11 is 12.4. The number of rotatable bonds is 2. The number of hydrogen-bond acceptors (Lipinski definition) is 5. The van der Waals surface area contributed by atoms with E-state index in [1.165, 1.54) is 88.5 Å². The fraction of sp³-hybridized carbons (Fsp3) is 0. The Morgan fingerprint density at radius 2 is 1.16 bits per heavy atom. The van der Waals surface area contributed by atoms with Crippen LogP contribution in [0, 0.1) is 0 Å². The van der Waals surface area contributed by atoms with Crippen molar-refractivity contribution in [3.8, 4) is 16.9 Å². The number of benzene rings is 8. The molecule has 5 aromatic heterocycles. The first-order valence-electron chi connectivity index (χ1n) is 18.2. The summed E-state index contributed by atoms with van der Waals surface area (Å²) in [5.74, 6) is 0.817. The van der Waals surface area contributed by atoms with Crippen LogP contribution in [0.25, 0.3) is 121 Å². The molecule has 0 radical (unpaired) electrons. The Hall–Kier alpha value is -5.89. The second-order valence-electron chi connectivity index (χ2n) is 14.2. The van der Waals surface area contributed by atoms with Gasteiger partial charge < -0.3 is 0 Å². The molecule has 0 saturated carbocycles. The van der Waals surface area contributed by atoms with Crippen LogP contribution in [0.3, 0.4) is 0 Å². The Labute approximate surface area is 329 Å². The SMILES string of the molecule is Clc1nc(-n2c3ccccc3c3c4ccc(-c5cccc6c5sc5ccccc56)cc4c4c5ccccc5sc4c32)c2sc3ccc4ccccc4c3c2n1. The van der Waals surface area contributed by atoms with Crippen LogP contribution in [0.1, 0.15) is 0 Å². The van der Waals surface area contributed by atoms with Crippen LogP contribution in [-0.4, -0.2) is 14.5 Å². The largest absolute Gasteiger partial charge is 0.291 e. The van der Waals surface area contributed by atoms with Gasteiger partial charge in [-0.15, -0.1) is 34.0 Å². The molecule has 0 amide bonds. The molecular weight excluding hydrogens is 750 g/mol. The van der Waals surface area contributed by atoms with Crippen molar-refractivity contribution in [1.82, 2.24) is 14.5 Å². The van der Waals surface area contributed by atoms with E-state index < -0.39 is 0 Å². The highest BCUT2D eigenvalue weighted by atomic mass is 35.5. The molecule has 5 heterocycles. The standard InChI is InChI=1S/C48H24ClN3S3/c49-48-50-42-41-27-11-2-1-10-25(27)21-23-38(41)55-46(42)47(51-48)52-35-17-6-3-13-32(35)39-30-22-20-26(28-15-9-16-31-29-12-4-7-18-36(29)53-44(28)31)24-34(30)40-33-14-5-8-19-37(33)54-45(40)43(39)52/h1-24H. The molecule has 0 saturated heterocycles. The van der Waals surface area contributed by atoms with Crippen molar-refractivity contribution in [1.29, 1.82) is 0 Å². The Balaban J connectivity index is 1.20. The quantitative estimate of drug-likeness (QED) is 0.164. The summed E-state index contributed by atoms with van der Waals surface area (Å²) in [5, 5.41) is 13.8. The van der Waals surface area contributed by atoms with Gasteiger partial charge in [0.15, 0.2) is 5.82 Å². The third kappa shape index (κ3) is 4.09. The maximum absolute atomic E-state index is 6.94. The molecule has 0 fully saturated rings. The number of hydrogen-bond donors (Lipinski definition) is 0. The van der Waals surface area contributed by atoms with E-state index in [-0.39, 0.29) is 5.28 Å². The summed E-state index contributed by atoms with van der Waals surface area (Å²) in [5.41, 5.74) is 5.65. The van der Waals surface area contributed by atoms with E-state index in [1.807, 2.05) is 22.7 Å². The minimum Gasteiger partial charge on any atom is -0.291 e. The van der Waals surface area contributed by atoms with Crippen LogP contribution in [0.15, 0.2) is 146 Å². The summed E-state index contributed by atoms with van der Waals surface area (Å²) in [6.07, 6.45) is 0. The van der Waals surface area contributed by atoms with Crippen molar-refractivity contribution >= 4 is 150 Å². The molecule has 0 bridgehead atoms. The average Bonchev–Trinajstić information content (AvgIpc) is 3.99. The van der Waals surface area contributed by atoms with Gasteiger partial charge in [0, 0.05) is 56.5 Å². The highest BCUT2D eigenvalue weighted by Crippen LogP contribution is 2.50. The van der Waals surface area contributed by atoms with Crippen molar-refractivity contribution in [2.45, 2.75) is 0 Å². The predicted octanol–water partition coefficient (Wildman–Crippen LogP) is 15.3. The molecule has 13 aromatic rings. The zero-order valence-corrected chi connectivity index (χ0v) is 32.0. The molecule has 0 atom stereocenters. The monoisotopic (exact) mass is 773 g/mol. The van der Waals surface area contributed by atoms with Crippen LogP contribution in [0.2, 0.25) is 5.28 Å². The van der Waals surface area contributed by atoms with Crippen LogP contribution in [-0.2, 0) is 0 Å². The van der Waals surface area contributed by atoms with Gasteiger partial charge in [-0.3, -0.25) is 4.57 Å². The van der Waals surface area contributed by atoms with Crippen molar-refractivity contribution in [3.63, 3.8) is 0 Å². The maximum atomic E-state index is 6.94. The highest BCUT2D eigenvalue weighted by Gasteiger charge is 2.26. The lowest BCUT2D eigenvalue weighted by Gasteiger charge is -2.12. The van der Waals surface area contributed by atoms with Crippen LogP contribution in [0.4, 0.5) is 0 Å². The van der Waals surface area contributed by atoms with Crippen LogP contribution < -0.4 is 0 Å². The molecule has 0 aliphatic heterocycles. The third-order valence-corrected chi connectivity index (χ3v) is 15.0. The van der Waals surface area contributed by atoms with Crippen molar-refractivity contribution < 1.29 is 0 Å². The lowest BCUT2D eigenvalue weighted by atomic mass is 9.94. The number of aromatic nitrogens is 3. The Morgan fingerprint density at radius 3 is 2.05 bits per heavy atom. The molecule has 0 aliphatic carbocycles.